The quantitative estimate of drug-likeness (QED) is 0.870. The number of thioether (sulfide) groups is 1. The maximum absolute atomic E-state index is 4.33. The van der Waals surface area contributed by atoms with Gasteiger partial charge in [0.2, 0.25) is 0 Å². The summed E-state index contributed by atoms with van der Waals surface area (Å²) in [5.74, 6) is 3.47. The molecule has 1 saturated heterocycles. The molecule has 1 fully saturated rings. The number of hydrogen-bond acceptors (Lipinski definition) is 4. The van der Waals surface area contributed by atoms with E-state index in [1.54, 1.807) is 0 Å². The highest BCUT2D eigenvalue weighted by Gasteiger charge is 2.11. The Morgan fingerprint density at radius 1 is 1.44 bits per heavy atom. The molecular weight excluding hydrogens is 218 g/mol. The highest BCUT2D eigenvalue weighted by atomic mass is 32.2. The van der Waals surface area contributed by atoms with E-state index in [0.717, 1.165) is 31.9 Å². The van der Waals surface area contributed by atoms with E-state index in [9.17, 15) is 0 Å². The topological polar surface area (TPSA) is 28.2 Å². The Morgan fingerprint density at radius 3 is 3.00 bits per heavy atom. The summed E-state index contributed by atoms with van der Waals surface area (Å²) in [7, 11) is 0. The van der Waals surface area contributed by atoms with Crippen LogP contribution in [0.2, 0.25) is 0 Å². The molecule has 0 saturated carbocycles. The first kappa shape index (κ1) is 11.6. The Morgan fingerprint density at radius 2 is 2.25 bits per heavy atom. The van der Waals surface area contributed by atoms with Crippen LogP contribution in [0.5, 0.6) is 0 Å². The molecule has 0 aromatic carbocycles. The molecule has 2 heterocycles. The van der Waals surface area contributed by atoms with Crippen molar-refractivity contribution in [3.8, 4) is 0 Å². The molecule has 1 aromatic rings. The normalized spacial score (nSPS) is 16.2. The molecular formula is C12H19N3S. The summed E-state index contributed by atoms with van der Waals surface area (Å²) < 4.78 is 0. The second kappa shape index (κ2) is 5.99. The molecule has 1 aromatic heterocycles. The molecule has 0 radical (unpaired) electrons. The molecule has 3 nitrogen and oxygen atoms in total. The largest absolute Gasteiger partial charge is 0.370 e. The number of anilines is 2. The van der Waals surface area contributed by atoms with Crippen LogP contribution < -0.4 is 10.2 Å². The van der Waals surface area contributed by atoms with Crippen LogP contribution in [0.3, 0.4) is 0 Å². The Balaban J connectivity index is 2.02. The van der Waals surface area contributed by atoms with E-state index < -0.39 is 0 Å². The first-order valence-corrected chi connectivity index (χ1v) is 7.08. The summed E-state index contributed by atoms with van der Waals surface area (Å²) in [5, 5.41) is 3.33. The van der Waals surface area contributed by atoms with E-state index in [0.29, 0.717) is 0 Å². The van der Waals surface area contributed by atoms with Crippen LogP contribution in [-0.4, -0.2) is 36.1 Å². The summed E-state index contributed by atoms with van der Waals surface area (Å²) in [6.45, 7) is 5.47. The average molecular weight is 237 g/mol. The van der Waals surface area contributed by atoms with Gasteiger partial charge in [-0.2, -0.15) is 11.8 Å². The fraction of sp³-hybridized carbons (Fsp3) is 0.583. The van der Waals surface area contributed by atoms with Crippen molar-refractivity contribution in [1.29, 1.82) is 0 Å². The van der Waals surface area contributed by atoms with E-state index in [4.69, 9.17) is 0 Å². The van der Waals surface area contributed by atoms with Gasteiger partial charge in [-0.3, -0.25) is 0 Å². The van der Waals surface area contributed by atoms with Gasteiger partial charge in [-0.05, 0) is 12.5 Å². The van der Waals surface area contributed by atoms with E-state index in [-0.39, 0.29) is 0 Å². The molecule has 4 heteroatoms. The average Bonchev–Trinajstić information content (AvgIpc) is 2.38. The van der Waals surface area contributed by atoms with Crippen LogP contribution in [0.15, 0.2) is 18.3 Å². The van der Waals surface area contributed by atoms with Gasteiger partial charge < -0.3 is 10.2 Å². The highest BCUT2D eigenvalue weighted by Crippen LogP contribution is 2.21. The van der Waals surface area contributed by atoms with Crippen molar-refractivity contribution < 1.29 is 0 Å². The Hall–Kier alpha value is -0.900. The highest BCUT2D eigenvalue weighted by molar-refractivity contribution is 7.99. The van der Waals surface area contributed by atoms with E-state index in [2.05, 4.69) is 34.3 Å². The molecule has 0 spiro atoms. The zero-order chi connectivity index (χ0) is 11.2. The summed E-state index contributed by atoms with van der Waals surface area (Å²) in [6, 6.07) is 4.26. The van der Waals surface area contributed by atoms with Gasteiger partial charge in [-0.25, -0.2) is 4.98 Å². The van der Waals surface area contributed by atoms with Gasteiger partial charge in [0.05, 0.1) is 0 Å². The minimum atomic E-state index is 0.992. The van der Waals surface area contributed by atoms with Gasteiger partial charge in [0, 0.05) is 49.1 Å². The van der Waals surface area contributed by atoms with Crippen molar-refractivity contribution in [2.75, 3.05) is 41.4 Å². The molecule has 0 amide bonds. The van der Waals surface area contributed by atoms with Gasteiger partial charge in [0.25, 0.3) is 0 Å². The van der Waals surface area contributed by atoms with Gasteiger partial charge in [-0.15, -0.1) is 0 Å². The van der Waals surface area contributed by atoms with Gasteiger partial charge in [-0.1, -0.05) is 6.92 Å². The van der Waals surface area contributed by atoms with Crippen molar-refractivity contribution in [2.24, 2.45) is 0 Å². The van der Waals surface area contributed by atoms with Crippen molar-refractivity contribution in [2.45, 2.75) is 13.3 Å². The van der Waals surface area contributed by atoms with Crippen molar-refractivity contribution >= 4 is 23.3 Å². The van der Waals surface area contributed by atoms with Crippen molar-refractivity contribution in [3.05, 3.63) is 18.3 Å². The minimum absolute atomic E-state index is 0.992. The van der Waals surface area contributed by atoms with Crippen molar-refractivity contribution in [1.82, 2.24) is 4.98 Å². The fourth-order valence-electron chi connectivity index (χ4n) is 1.79. The van der Waals surface area contributed by atoms with Crippen LogP contribution in [0.1, 0.15) is 13.3 Å². The lowest BCUT2D eigenvalue weighted by Crippen LogP contribution is -2.32. The molecule has 0 aliphatic carbocycles. The third-order valence-electron chi connectivity index (χ3n) is 2.68. The van der Waals surface area contributed by atoms with Gasteiger partial charge in [0.1, 0.15) is 5.82 Å². The van der Waals surface area contributed by atoms with Crippen LogP contribution in [0.4, 0.5) is 11.5 Å². The Labute approximate surface area is 102 Å². The third-order valence-corrected chi connectivity index (χ3v) is 3.62. The molecule has 88 valence electrons. The van der Waals surface area contributed by atoms with Crippen LogP contribution in [0, 0.1) is 0 Å². The molecule has 1 aliphatic heterocycles. The van der Waals surface area contributed by atoms with E-state index >= 15 is 0 Å². The lowest BCUT2D eigenvalue weighted by Gasteiger charge is -2.28. The lowest BCUT2D eigenvalue weighted by molar-refractivity contribution is 0.857. The maximum Gasteiger partial charge on any atom is 0.127 e. The molecule has 2 rings (SSSR count). The molecule has 0 unspecified atom stereocenters. The molecule has 0 bridgehead atoms. The van der Waals surface area contributed by atoms with Crippen LogP contribution >= 0.6 is 11.8 Å². The first-order chi connectivity index (χ1) is 7.90. The van der Waals surface area contributed by atoms with Crippen LogP contribution in [-0.2, 0) is 0 Å². The molecule has 1 N–H and O–H groups in total. The first-order valence-electron chi connectivity index (χ1n) is 5.93. The monoisotopic (exact) mass is 237 g/mol. The second-order valence-corrected chi connectivity index (χ2v) is 5.15. The summed E-state index contributed by atoms with van der Waals surface area (Å²) in [5.41, 5.74) is 1.30. The smallest absolute Gasteiger partial charge is 0.127 e. The molecule has 0 atom stereocenters. The SMILES string of the molecule is CCCNc1cc(N2CCSCC2)ccn1. The zero-order valence-corrected chi connectivity index (χ0v) is 10.6. The summed E-state index contributed by atoms with van der Waals surface area (Å²) >= 11 is 2.04. The molecule has 16 heavy (non-hydrogen) atoms. The van der Waals surface area contributed by atoms with Crippen LogP contribution in [0.25, 0.3) is 0 Å². The Kier molecular flexibility index (Phi) is 4.34. The Bertz CT molecular complexity index is 324. The van der Waals surface area contributed by atoms with E-state index in [1.165, 1.54) is 17.2 Å². The number of hydrogen-bond donors (Lipinski definition) is 1. The predicted octanol–water partition coefficient (Wildman–Crippen LogP) is 2.46. The number of nitrogens with zero attached hydrogens (tertiary/aromatic N) is 2. The fourth-order valence-corrected chi connectivity index (χ4v) is 2.69. The number of rotatable bonds is 4. The standard InChI is InChI=1S/C12H19N3S/c1-2-4-13-12-10-11(3-5-14-12)15-6-8-16-9-7-15/h3,5,10H,2,4,6-9H2,1H3,(H,13,14). The van der Waals surface area contributed by atoms with Gasteiger partial charge in [0.15, 0.2) is 0 Å². The van der Waals surface area contributed by atoms with Crippen molar-refractivity contribution in [3.63, 3.8) is 0 Å². The minimum Gasteiger partial charge on any atom is -0.370 e. The number of nitrogens with one attached hydrogen (secondary N) is 1. The number of pyridine rings is 1. The molecule has 1 aliphatic rings. The third kappa shape index (κ3) is 3.04. The van der Waals surface area contributed by atoms with E-state index in [1.807, 2.05) is 18.0 Å². The number of aromatic nitrogens is 1. The predicted molar refractivity (Wildman–Crippen MR) is 72.6 cm³/mol. The second-order valence-electron chi connectivity index (χ2n) is 3.93. The zero-order valence-electron chi connectivity index (χ0n) is 9.78. The maximum atomic E-state index is 4.33. The van der Waals surface area contributed by atoms with Gasteiger partial charge >= 0.3 is 0 Å². The summed E-state index contributed by atoms with van der Waals surface area (Å²) in [6.07, 6.45) is 3.03. The lowest BCUT2D eigenvalue weighted by atomic mass is 10.3. The summed E-state index contributed by atoms with van der Waals surface area (Å²) in [4.78, 5) is 6.77.